The molecule has 0 atom stereocenters. The number of anilines is 1. The Bertz CT molecular complexity index is 589. The summed E-state index contributed by atoms with van der Waals surface area (Å²) in [5.41, 5.74) is 1.40. The highest BCUT2D eigenvalue weighted by Crippen LogP contribution is 2.23. The van der Waals surface area contributed by atoms with Gasteiger partial charge >= 0.3 is 0 Å². The number of carbonyl (C=O) groups excluding carboxylic acids is 1. The number of halogens is 1. The summed E-state index contributed by atoms with van der Waals surface area (Å²) in [7, 11) is 1.53. The van der Waals surface area contributed by atoms with Crippen LogP contribution >= 0.6 is 11.6 Å². The Kier molecular flexibility index (Phi) is 5.75. The molecule has 1 amide bonds. The van der Waals surface area contributed by atoms with Crippen molar-refractivity contribution in [2.24, 2.45) is 5.10 Å². The predicted molar refractivity (Wildman–Crippen MR) is 80.9 cm³/mol. The molecule has 0 aliphatic rings. The average Bonchev–Trinajstić information content (AvgIpc) is 2.46. The third-order valence-corrected chi connectivity index (χ3v) is 2.86. The molecule has 0 spiro atoms. The van der Waals surface area contributed by atoms with Crippen LogP contribution in [-0.4, -0.2) is 25.7 Å². The summed E-state index contributed by atoms with van der Waals surface area (Å²) >= 11 is 5.98. The molecule has 0 saturated carbocycles. The van der Waals surface area contributed by atoms with E-state index in [-0.39, 0.29) is 11.5 Å². The van der Waals surface area contributed by atoms with E-state index < -0.39 is 0 Å². The van der Waals surface area contributed by atoms with Crippen LogP contribution in [0.25, 0.3) is 0 Å². The Morgan fingerprint density at radius 3 is 2.85 bits per heavy atom. The summed E-state index contributed by atoms with van der Waals surface area (Å²) in [6, 6.07) is 7.02. The molecule has 0 aliphatic carbocycles. The van der Waals surface area contributed by atoms with Gasteiger partial charge < -0.3 is 5.32 Å². The Balaban J connectivity index is 2.95. The first-order chi connectivity index (χ1) is 9.53. The van der Waals surface area contributed by atoms with Gasteiger partial charge in [0.05, 0.1) is 28.1 Å². The zero-order valence-electron chi connectivity index (χ0n) is 11.4. The van der Waals surface area contributed by atoms with Crippen LogP contribution in [0.3, 0.4) is 0 Å². The molecule has 0 saturated heterocycles. The van der Waals surface area contributed by atoms with E-state index in [1.54, 1.807) is 23.2 Å². The molecule has 0 fully saturated rings. The zero-order valence-corrected chi connectivity index (χ0v) is 12.1. The first-order valence-corrected chi connectivity index (χ1v) is 6.33. The number of benzene rings is 1. The summed E-state index contributed by atoms with van der Waals surface area (Å²) in [5, 5.41) is 17.5. The van der Waals surface area contributed by atoms with Crippen molar-refractivity contribution in [3.05, 3.63) is 40.9 Å². The molecular formula is C14H15ClN4O. The number of rotatable bonds is 5. The smallest absolute Gasteiger partial charge is 0.252 e. The van der Waals surface area contributed by atoms with E-state index >= 15 is 0 Å². The van der Waals surface area contributed by atoms with E-state index in [0.717, 1.165) is 5.69 Å². The Hall–Kier alpha value is -2.32. The summed E-state index contributed by atoms with van der Waals surface area (Å²) in [6.45, 7) is 6.11. The van der Waals surface area contributed by atoms with Crippen molar-refractivity contribution in [1.29, 1.82) is 5.26 Å². The van der Waals surface area contributed by atoms with Crippen LogP contribution in [0.1, 0.15) is 12.5 Å². The van der Waals surface area contributed by atoms with E-state index in [2.05, 4.69) is 17.0 Å². The molecule has 0 aliphatic heterocycles. The van der Waals surface area contributed by atoms with Gasteiger partial charge in [-0.2, -0.15) is 10.4 Å². The standard InChI is InChI=1S/C14H15ClN4O/c1-4-19(18-9-10(2)14(20)17-3)12-6-5-11(8-16)13(15)7-12/h5-7,9H,2,4H2,1,3H3,(H,17,20)/b18-9-. The Labute approximate surface area is 123 Å². The number of hydrogen-bond donors (Lipinski definition) is 1. The monoisotopic (exact) mass is 290 g/mol. The van der Waals surface area contributed by atoms with Gasteiger partial charge in [-0.15, -0.1) is 0 Å². The number of nitrogens with one attached hydrogen (secondary N) is 1. The van der Waals surface area contributed by atoms with E-state index in [1.165, 1.54) is 13.3 Å². The lowest BCUT2D eigenvalue weighted by Crippen LogP contribution is -2.22. The van der Waals surface area contributed by atoms with Gasteiger partial charge in [-0.25, -0.2) is 0 Å². The van der Waals surface area contributed by atoms with Gasteiger partial charge in [-0.05, 0) is 25.1 Å². The van der Waals surface area contributed by atoms with Crippen LogP contribution in [-0.2, 0) is 4.79 Å². The molecule has 1 aromatic carbocycles. The lowest BCUT2D eigenvalue weighted by molar-refractivity contribution is -0.116. The van der Waals surface area contributed by atoms with Crippen LogP contribution in [0.2, 0.25) is 5.02 Å². The van der Waals surface area contributed by atoms with Crippen LogP contribution in [0.5, 0.6) is 0 Å². The van der Waals surface area contributed by atoms with Crippen molar-refractivity contribution >= 4 is 29.4 Å². The van der Waals surface area contributed by atoms with Gasteiger partial charge in [-0.3, -0.25) is 9.80 Å². The van der Waals surface area contributed by atoms with Gasteiger partial charge in [-0.1, -0.05) is 18.2 Å². The molecule has 0 radical (unpaired) electrons. The minimum Gasteiger partial charge on any atom is -0.355 e. The van der Waals surface area contributed by atoms with Crippen molar-refractivity contribution in [1.82, 2.24) is 5.32 Å². The van der Waals surface area contributed by atoms with Gasteiger partial charge in [0.25, 0.3) is 5.91 Å². The SMILES string of the molecule is C=C(/C=N\N(CC)c1ccc(C#N)c(Cl)c1)C(=O)NC. The number of carbonyl (C=O) groups is 1. The number of nitrogens with zero attached hydrogens (tertiary/aromatic N) is 3. The number of hydrogen-bond acceptors (Lipinski definition) is 4. The molecule has 1 N–H and O–H groups in total. The maximum Gasteiger partial charge on any atom is 0.252 e. The number of likely N-dealkylation sites (N-methyl/N-ethyl adjacent to an activating group) is 1. The topological polar surface area (TPSA) is 68.5 Å². The highest BCUT2D eigenvalue weighted by molar-refractivity contribution is 6.32. The Morgan fingerprint density at radius 2 is 2.35 bits per heavy atom. The van der Waals surface area contributed by atoms with Crippen LogP contribution in [0, 0.1) is 11.3 Å². The molecule has 0 unspecified atom stereocenters. The van der Waals surface area contributed by atoms with Gasteiger partial charge in [0, 0.05) is 13.6 Å². The van der Waals surface area contributed by atoms with Gasteiger partial charge in [0.2, 0.25) is 0 Å². The molecule has 20 heavy (non-hydrogen) atoms. The molecule has 6 heteroatoms. The first kappa shape index (κ1) is 15.7. The van der Waals surface area contributed by atoms with Crippen LogP contribution in [0.4, 0.5) is 5.69 Å². The van der Waals surface area contributed by atoms with E-state index in [0.29, 0.717) is 17.1 Å². The second-order valence-corrected chi connectivity index (χ2v) is 4.25. The lowest BCUT2D eigenvalue weighted by atomic mass is 10.2. The number of hydrazone groups is 1. The molecular weight excluding hydrogens is 276 g/mol. The molecule has 1 aromatic rings. The van der Waals surface area contributed by atoms with Crippen molar-refractivity contribution in [3.8, 4) is 6.07 Å². The van der Waals surface area contributed by atoms with Gasteiger partial charge in [0.1, 0.15) is 6.07 Å². The zero-order chi connectivity index (χ0) is 15.1. The second kappa shape index (κ2) is 7.31. The summed E-state index contributed by atoms with van der Waals surface area (Å²) in [6.07, 6.45) is 1.38. The predicted octanol–water partition coefficient (Wildman–Crippen LogP) is 2.33. The first-order valence-electron chi connectivity index (χ1n) is 5.95. The van der Waals surface area contributed by atoms with Crippen LogP contribution < -0.4 is 10.3 Å². The van der Waals surface area contributed by atoms with E-state index in [4.69, 9.17) is 16.9 Å². The number of amides is 1. The lowest BCUT2D eigenvalue weighted by Gasteiger charge is -2.17. The van der Waals surface area contributed by atoms with Crippen molar-refractivity contribution < 1.29 is 4.79 Å². The van der Waals surface area contributed by atoms with E-state index in [9.17, 15) is 4.79 Å². The normalized spacial score (nSPS) is 10.1. The number of nitriles is 1. The quantitative estimate of drug-likeness (QED) is 0.514. The third kappa shape index (κ3) is 3.84. The molecule has 104 valence electrons. The minimum atomic E-state index is -0.289. The molecule has 0 heterocycles. The fourth-order valence-electron chi connectivity index (χ4n) is 1.44. The van der Waals surface area contributed by atoms with Crippen molar-refractivity contribution in [2.75, 3.05) is 18.6 Å². The largest absolute Gasteiger partial charge is 0.355 e. The Morgan fingerprint density at radius 1 is 1.65 bits per heavy atom. The highest BCUT2D eigenvalue weighted by Gasteiger charge is 2.07. The highest BCUT2D eigenvalue weighted by atomic mass is 35.5. The summed E-state index contributed by atoms with van der Waals surface area (Å²) in [5.74, 6) is -0.289. The second-order valence-electron chi connectivity index (χ2n) is 3.84. The summed E-state index contributed by atoms with van der Waals surface area (Å²) < 4.78 is 0. The minimum absolute atomic E-state index is 0.255. The van der Waals surface area contributed by atoms with Crippen LogP contribution in [0.15, 0.2) is 35.5 Å². The maximum atomic E-state index is 11.3. The third-order valence-electron chi connectivity index (χ3n) is 2.54. The maximum absolute atomic E-state index is 11.3. The van der Waals surface area contributed by atoms with Crippen molar-refractivity contribution in [2.45, 2.75) is 6.92 Å². The average molecular weight is 291 g/mol. The molecule has 0 aromatic heterocycles. The molecule has 5 nitrogen and oxygen atoms in total. The molecule has 0 bridgehead atoms. The van der Waals surface area contributed by atoms with Crippen molar-refractivity contribution in [3.63, 3.8) is 0 Å². The molecule has 1 rings (SSSR count). The fraction of sp³-hybridized carbons (Fsp3) is 0.214. The summed E-state index contributed by atoms with van der Waals surface area (Å²) in [4.78, 5) is 11.3. The van der Waals surface area contributed by atoms with E-state index in [1.807, 2.05) is 13.0 Å². The van der Waals surface area contributed by atoms with Gasteiger partial charge in [0.15, 0.2) is 0 Å². The fourth-order valence-corrected chi connectivity index (χ4v) is 1.66.